The first-order valence-electron chi connectivity index (χ1n) is 3.36. The van der Waals surface area contributed by atoms with Crippen molar-refractivity contribution in [1.82, 2.24) is 0 Å². The van der Waals surface area contributed by atoms with E-state index >= 15 is 0 Å². The molecule has 11 heavy (non-hydrogen) atoms. The second kappa shape index (κ2) is 3.91. The number of Topliss-reactive ketones (excluding diaryl/α,β-unsaturated/α-hetero) is 1. The highest BCUT2D eigenvalue weighted by Crippen LogP contribution is 2.12. The Hall–Kier alpha value is -1.12. The molecule has 0 rings (SSSR count). The largest absolute Gasteiger partial charge is 0.478 e. The van der Waals surface area contributed by atoms with E-state index in [1.54, 1.807) is 6.92 Å². The third-order valence-electron chi connectivity index (χ3n) is 1.46. The van der Waals surface area contributed by atoms with Gasteiger partial charge >= 0.3 is 5.97 Å². The molecule has 1 N–H and O–H groups in total. The van der Waals surface area contributed by atoms with Crippen LogP contribution in [0.2, 0.25) is 0 Å². The first-order valence-corrected chi connectivity index (χ1v) is 3.36. The zero-order valence-corrected chi connectivity index (χ0v) is 6.76. The van der Waals surface area contributed by atoms with Gasteiger partial charge in [-0.25, -0.2) is 4.79 Å². The normalized spacial score (nSPS) is 12.2. The number of carbonyl (C=O) groups excluding carboxylic acids is 1. The standard InChI is InChI=1S/C8H12O3/c1-5(4-6(2)9)7(3)8(10)11/h5H,3-4H2,1-2H3,(H,10,11). The number of hydrogen-bond acceptors (Lipinski definition) is 2. The SMILES string of the molecule is C=C(C(=O)O)C(C)CC(C)=O. The van der Waals surface area contributed by atoms with Crippen molar-refractivity contribution in [2.45, 2.75) is 20.3 Å². The molecule has 0 saturated heterocycles. The van der Waals surface area contributed by atoms with E-state index in [9.17, 15) is 9.59 Å². The molecule has 0 amide bonds. The van der Waals surface area contributed by atoms with Crippen LogP contribution in [0.1, 0.15) is 20.3 Å². The lowest BCUT2D eigenvalue weighted by atomic mass is 9.97. The summed E-state index contributed by atoms with van der Waals surface area (Å²) in [7, 11) is 0. The zero-order chi connectivity index (χ0) is 9.02. The molecule has 0 aromatic heterocycles. The number of ketones is 1. The minimum Gasteiger partial charge on any atom is -0.478 e. The molecule has 0 fully saturated rings. The lowest BCUT2D eigenvalue weighted by molar-refractivity contribution is -0.133. The molecule has 0 bridgehead atoms. The summed E-state index contributed by atoms with van der Waals surface area (Å²) in [4.78, 5) is 20.9. The number of aliphatic carboxylic acids is 1. The molecule has 0 aliphatic heterocycles. The number of hydrogen-bond donors (Lipinski definition) is 1. The fraction of sp³-hybridized carbons (Fsp3) is 0.500. The number of carbonyl (C=O) groups is 2. The minimum atomic E-state index is -1.03. The van der Waals surface area contributed by atoms with Crippen molar-refractivity contribution in [3.05, 3.63) is 12.2 Å². The van der Waals surface area contributed by atoms with Crippen molar-refractivity contribution >= 4 is 11.8 Å². The van der Waals surface area contributed by atoms with Crippen molar-refractivity contribution in [3.63, 3.8) is 0 Å². The molecule has 1 atom stereocenters. The molecule has 0 aromatic carbocycles. The van der Waals surface area contributed by atoms with Gasteiger partial charge in [0.1, 0.15) is 5.78 Å². The van der Waals surface area contributed by atoms with Crippen LogP contribution in [0.25, 0.3) is 0 Å². The fourth-order valence-corrected chi connectivity index (χ4v) is 0.765. The van der Waals surface area contributed by atoms with Gasteiger partial charge in [0.25, 0.3) is 0 Å². The van der Waals surface area contributed by atoms with Gasteiger partial charge in [-0.05, 0) is 12.8 Å². The molecule has 0 heterocycles. The monoisotopic (exact) mass is 156 g/mol. The molecule has 0 aromatic rings. The van der Waals surface area contributed by atoms with Crippen LogP contribution >= 0.6 is 0 Å². The quantitative estimate of drug-likeness (QED) is 0.623. The summed E-state index contributed by atoms with van der Waals surface area (Å²) in [5.41, 5.74) is 0.0974. The van der Waals surface area contributed by atoms with Crippen LogP contribution in [0.15, 0.2) is 12.2 Å². The van der Waals surface area contributed by atoms with Crippen molar-refractivity contribution in [3.8, 4) is 0 Å². The summed E-state index contributed by atoms with van der Waals surface area (Å²) in [5.74, 6) is -1.30. The van der Waals surface area contributed by atoms with Gasteiger partial charge in [0.15, 0.2) is 0 Å². The van der Waals surface area contributed by atoms with Gasteiger partial charge in [-0.3, -0.25) is 0 Å². The highest BCUT2D eigenvalue weighted by molar-refractivity contribution is 5.87. The molecule has 0 aliphatic rings. The van der Waals surface area contributed by atoms with Gasteiger partial charge < -0.3 is 9.90 Å². The highest BCUT2D eigenvalue weighted by Gasteiger charge is 2.14. The van der Waals surface area contributed by atoms with E-state index < -0.39 is 5.97 Å². The van der Waals surface area contributed by atoms with Crippen molar-refractivity contribution in [2.75, 3.05) is 0 Å². The maximum absolute atomic E-state index is 10.5. The number of carboxylic acid groups (broad SMARTS) is 1. The molecule has 1 unspecified atom stereocenters. The van der Waals surface area contributed by atoms with Crippen LogP contribution in [0.5, 0.6) is 0 Å². The van der Waals surface area contributed by atoms with Gasteiger partial charge in [-0.1, -0.05) is 13.5 Å². The first kappa shape index (κ1) is 9.88. The second-order valence-electron chi connectivity index (χ2n) is 2.64. The van der Waals surface area contributed by atoms with Gasteiger partial charge in [0.2, 0.25) is 0 Å². The van der Waals surface area contributed by atoms with E-state index in [1.165, 1.54) is 6.92 Å². The summed E-state index contributed by atoms with van der Waals surface area (Å²) < 4.78 is 0. The van der Waals surface area contributed by atoms with E-state index in [0.717, 1.165) is 0 Å². The summed E-state index contributed by atoms with van der Waals surface area (Å²) in [6, 6.07) is 0. The van der Waals surface area contributed by atoms with E-state index in [4.69, 9.17) is 5.11 Å². The summed E-state index contributed by atoms with van der Waals surface area (Å²) in [6.07, 6.45) is 0.255. The molecule has 0 saturated carbocycles. The molecule has 3 nitrogen and oxygen atoms in total. The summed E-state index contributed by atoms with van der Waals surface area (Å²) in [6.45, 7) is 6.47. The van der Waals surface area contributed by atoms with Crippen molar-refractivity contribution in [1.29, 1.82) is 0 Å². The van der Waals surface area contributed by atoms with Crippen molar-refractivity contribution in [2.24, 2.45) is 5.92 Å². The van der Waals surface area contributed by atoms with E-state index in [-0.39, 0.29) is 23.7 Å². The Balaban J connectivity index is 4.03. The second-order valence-corrected chi connectivity index (χ2v) is 2.64. The molecule has 0 aliphatic carbocycles. The minimum absolute atomic E-state index is 0.0140. The maximum Gasteiger partial charge on any atom is 0.331 e. The number of rotatable bonds is 4. The molecular weight excluding hydrogens is 144 g/mol. The van der Waals surface area contributed by atoms with Crippen LogP contribution < -0.4 is 0 Å². The third kappa shape index (κ3) is 3.55. The predicted octanol–water partition coefficient (Wildman–Crippen LogP) is 1.24. The Morgan fingerprint density at radius 3 is 2.27 bits per heavy atom. The van der Waals surface area contributed by atoms with Crippen LogP contribution in [-0.2, 0) is 9.59 Å². The van der Waals surface area contributed by atoms with Crippen LogP contribution in [-0.4, -0.2) is 16.9 Å². The topological polar surface area (TPSA) is 54.4 Å². The molecule has 3 heteroatoms. The Labute approximate surface area is 65.7 Å². The fourth-order valence-electron chi connectivity index (χ4n) is 0.765. The van der Waals surface area contributed by atoms with Crippen LogP contribution in [0, 0.1) is 5.92 Å². The van der Waals surface area contributed by atoms with Gasteiger partial charge in [-0.2, -0.15) is 0 Å². The predicted molar refractivity (Wildman–Crippen MR) is 41.2 cm³/mol. The highest BCUT2D eigenvalue weighted by atomic mass is 16.4. The Morgan fingerprint density at radius 1 is 1.55 bits per heavy atom. The van der Waals surface area contributed by atoms with Gasteiger partial charge in [-0.15, -0.1) is 0 Å². The molecular formula is C8H12O3. The first-order chi connectivity index (χ1) is 4.95. The molecule has 62 valence electrons. The summed E-state index contributed by atoms with van der Waals surface area (Å²) in [5, 5.41) is 8.45. The Bertz CT molecular complexity index is 194. The lowest BCUT2D eigenvalue weighted by Crippen LogP contribution is -2.11. The third-order valence-corrected chi connectivity index (χ3v) is 1.46. The van der Waals surface area contributed by atoms with E-state index in [0.29, 0.717) is 0 Å². The maximum atomic E-state index is 10.5. The van der Waals surface area contributed by atoms with Crippen LogP contribution in [0.3, 0.4) is 0 Å². The molecule has 0 radical (unpaired) electrons. The Kier molecular flexibility index (Phi) is 3.51. The lowest BCUT2D eigenvalue weighted by Gasteiger charge is -2.07. The molecule has 0 spiro atoms. The summed E-state index contributed by atoms with van der Waals surface area (Å²) >= 11 is 0. The van der Waals surface area contributed by atoms with Crippen molar-refractivity contribution < 1.29 is 14.7 Å². The van der Waals surface area contributed by atoms with Crippen LogP contribution in [0.4, 0.5) is 0 Å². The number of carboxylic acids is 1. The average Bonchev–Trinajstić information content (AvgIpc) is 1.84. The Morgan fingerprint density at radius 2 is 2.00 bits per heavy atom. The average molecular weight is 156 g/mol. The van der Waals surface area contributed by atoms with E-state index in [2.05, 4.69) is 6.58 Å². The van der Waals surface area contributed by atoms with Gasteiger partial charge in [0, 0.05) is 12.0 Å². The van der Waals surface area contributed by atoms with Gasteiger partial charge in [0.05, 0.1) is 0 Å². The van der Waals surface area contributed by atoms with E-state index in [1.807, 2.05) is 0 Å². The zero-order valence-electron chi connectivity index (χ0n) is 6.76. The smallest absolute Gasteiger partial charge is 0.331 e.